The Morgan fingerprint density at radius 1 is 1.12 bits per heavy atom. The predicted molar refractivity (Wildman–Crippen MR) is 73.5 cm³/mol. The molecule has 0 saturated heterocycles. The zero-order valence-electron chi connectivity index (χ0n) is 10.9. The summed E-state index contributed by atoms with van der Waals surface area (Å²) < 4.78 is 25.7. The van der Waals surface area contributed by atoms with Gasteiger partial charge in [-0.2, -0.15) is 0 Å². The van der Waals surface area contributed by atoms with Crippen molar-refractivity contribution in [1.82, 2.24) is 4.72 Å². The second kappa shape index (κ2) is 5.83. The van der Waals surface area contributed by atoms with E-state index in [-0.39, 0.29) is 5.41 Å². The van der Waals surface area contributed by atoms with Gasteiger partial charge in [0.25, 0.3) is 0 Å². The monoisotopic (exact) mass is 313 g/mol. The first-order valence-corrected chi connectivity index (χ1v) is 8.17. The molecule has 0 atom stereocenters. The highest BCUT2D eigenvalue weighted by molar-refractivity contribution is 9.09. The van der Waals surface area contributed by atoms with Crippen LogP contribution in [0.4, 0.5) is 0 Å². The third-order valence-electron chi connectivity index (χ3n) is 2.53. The maximum absolute atomic E-state index is 11.9. The van der Waals surface area contributed by atoms with Gasteiger partial charge in [-0.25, -0.2) is 13.1 Å². The van der Waals surface area contributed by atoms with Crippen LogP contribution in [0.2, 0.25) is 0 Å². The molecule has 0 aliphatic rings. The first-order valence-electron chi connectivity index (χ1n) is 5.57. The molecule has 0 aliphatic carbocycles. The Labute approximate surface area is 109 Å². The summed E-state index contributed by atoms with van der Waals surface area (Å²) in [6.07, 6.45) is 2.06. The van der Waals surface area contributed by atoms with E-state index in [9.17, 15) is 8.42 Å². The van der Waals surface area contributed by atoms with Crippen LogP contribution in [0.3, 0.4) is 0 Å². The van der Waals surface area contributed by atoms with Crippen LogP contribution in [-0.4, -0.2) is 25.0 Å². The molecule has 1 N–H and O–H groups in total. The number of rotatable bonds is 6. The van der Waals surface area contributed by atoms with Crippen LogP contribution in [0.1, 0.15) is 47.5 Å². The molecule has 98 valence electrons. The van der Waals surface area contributed by atoms with Gasteiger partial charge in [-0.3, -0.25) is 0 Å². The summed E-state index contributed by atoms with van der Waals surface area (Å²) in [5.41, 5.74) is 0.00604. The summed E-state index contributed by atoms with van der Waals surface area (Å²) in [5, 5.41) is 0.961. The van der Waals surface area contributed by atoms with Gasteiger partial charge in [-0.05, 0) is 39.0 Å². The Hall–Kier alpha value is 0.390. The van der Waals surface area contributed by atoms with Gasteiger partial charge in [0.15, 0.2) is 0 Å². The van der Waals surface area contributed by atoms with Gasteiger partial charge in [0, 0.05) is 11.9 Å². The maximum Gasteiger partial charge on any atom is 0.216 e. The quantitative estimate of drug-likeness (QED) is 0.766. The van der Waals surface area contributed by atoms with Crippen molar-refractivity contribution in [2.24, 2.45) is 5.41 Å². The molecular weight excluding hydrogens is 290 g/mol. The Bertz CT molecular complexity index is 304. The number of alkyl halides is 1. The highest BCUT2D eigenvalue weighted by Gasteiger charge is 2.30. The van der Waals surface area contributed by atoms with Gasteiger partial charge in [0.05, 0.1) is 4.75 Å². The molecule has 0 aliphatic heterocycles. The van der Waals surface area contributed by atoms with E-state index in [4.69, 9.17) is 0 Å². The second-order valence-corrected chi connectivity index (χ2v) is 9.21. The van der Waals surface area contributed by atoms with Gasteiger partial charge in [-0.1, -0.05) is 29.8 Å². The van der Waals surface area contributed by atoms with Crippen LogP contribution < -0.4 is 4.72 Å². The molecule has 5 heteroatoms. The molecule has 0 saturated carbocycles. The molecule has 0 rings (SSSR count). The topological polar surface area (TPSA) is 46.2 Å². The fourth-order valence-corrected chi connectivity index (χ4v) is 2.43. The lowest BCUT2D eigenvalue weighted by Crippen LogP contribution is -2.43. The third-order valence-corrected chi connectivity index (χ3v) is 5.23. The Morgan fingerprint density at radius 2 is 1.62 bits per heavy atom. The van der Waals surface area contributed by atoms with Gasteiger partial charge in [0.2, 0.25) is 10.0 Å². The second-order valence-electron chi connectivity index (χ2n) is 5.89. The van der Waals surface area contributed by atoms with E-state index in [1.54, 1.807) is 20.8 Å². The number of nitrogens with one attached hydrogen (secondary N) is 1. The summed E-state index contributed by atoms with van der Waals surface area (Å²) in [5.74, 6) is 0. The fraction of sp³-hybridized carbons (Fsp3) is 1.00. The molecule has 0 radical (unpaired) electrons. The van der Waals surface area contributed by atoms with E-state index >= 15 is 0 Å². The summed E-state index contributed by atoms with van der Waals surface area (Å²) in [6.45, 7) is 9.80. The van der Waals surface area contributed by atoms with Gasteiger partial charge >= 0.3 is 0 Å². The third kappa shape index (κ3) is 5.64. The molecule has 0 amide bonds. The normalized spacial score (nSPS) is 14.1. The average molecular weight is 314 g/mol. The summed E-state index contributed by atoms with van der Waals surface area (Å²) in [6, 6.07) is 0. The molecule has 0 spiro atoms. The standard InChI is InChI=1S/C11H24BrNO2S/c1-10(2,3)16(14,15)13-9-11(4,5)7-6-8-12/h13H,6-9H2,1-5H3. The van der Waals surface area contributed by atoms with Crippen LogP contribution in [0.5, 0.6) is 0 Å². The number of hydrogen-bond donors (Lipinski definition) is 1. The van der Waals surface area contributed by atoms with Crippen molar-refractivity contribution in [3.05, 3.63) is 0 Å². The molecule has 0 fully saturated rings. The Morgan fingerprint density at radius 3 is 2.00 bits per heavy atom. The number of sulfonamides is 1. The van der Waals surface area contributed by atoms with Crippen molar-refractivity contribution in [3.63, 3.8) is 0 Å². The van der Waals surface area contributed by atoms with E-state index in [1.807, 2.05) is 0 Å². The SMILES string of the molecule is CC(C)(CCCBr)CNS(=O)(=O)C(C)(C)C. The van der Waals surface area contributed by atoms with Gasteiger partial charge < -0.3 is 0 Å². The van der Waals surface area contributed by atoms with Crippen LogP contribution in [0.15, 0.2) is 0 Å². The smallest absolute Gasteiger partial charge is 0.214 e. The van der Waals surface area contributed by atoms with Crippen LogP contribution in [-0.2, 0) is 10.0 Å². The van der Waals surface area contributed by atoms with Crippen molar-refractivity contribution in [2.75, 3.05) is 11.9 Å². The summed E-state index contributed by atoms with van der Waals surface area (Å²) >= 11 is 3.39. The fourth-order valence-electron chi connectivity index (χ4n) is 1.14. The van der Waals surface area contributed by atoms with E-state index < -0.39 is 14.8 Å². The molecular formula is C11H24BrNO2S. The molecule has 0 bridgehead atoms. The number of hydrogen-bond acceptors (Lipinski definition) is 2. The van der Waals surface area contributed by atoms with Crippen LogP contribution in [0.25, 0.3) is 0 Å². The highest BCUT2D eigenvalue weighted by Crippen LogP contribution is 2.23. The van der Waals surface area contributed by atoms with E-state index in [0.29, 0.717) is 6.54 Å². The molecule has 3 nitrogen and oxygen atoms in total. The molecule has 16 heavy (non-hydrogen) atoms. The number of halogens is 1. The minimum absolute atomic E-state index is 0.00604. The molecule has 0 aromatic carbocycles. The van der Waals surface area contributed by atoms with Crippen LogP contribution >= 0.6 is 15.9 Å². The van der Waals surface area contributed by atoms with Crippen molar-refractivity contribution in [2.45, 2.75) is 52.2 Å². The largest absolute Gasteiger partial charge is 0.216 e. The maximum atomic E-state index is 11.9. The minimum Gasteiger partial charge on any atom is -0.214 e. The zero-order chi connectivity index (χ0) is 13.0. The lowest BCUT2D eigenvalue weighted by Gasteiger charge is -2.27. The zero-order valence-corrected chi connectivity index (χ0v) is 13.3. The van der Waals surface area contributed by atoms with Crippen LogP contribution in [0, 0.1) is 5.41 Å². The lowest BCUT2D eigenvalue weighted by atomic mass is 9.88. The summed E-state index contributed by atoms with van der Waals surface area (Å²) in [4.78, 5) is 0. The Balaban J connectivity index is 4.35. The van der Waals surface area contributed by atoms with Crippen molar-refractivity contribution in [1.29, 1.82) is 0 Å². The average Bonchev–Trinajstić information content (AvgIpc) is 2.10. The van der Waals surface area contributed by atoms with Crippen molar-refractivity contribution in [3.8, 4) is 0 Å². The van der Waals surface area contributed by atoms with Crippen molar-refractivity contribution >= 4 is 26.0 Å². The van der Waals surface area contributed by atoms with Gasteiger partial charge in [0.1, 0.15) is 0 Å². The lowest BCUT2D eigenvalue weighted by molar-refractivity contribution is 0.331. The molecule has 0 heterocycles. The predicted octanol–water partition coefficient (Wildman–Crippen LogP) is 2.91. The molecule has 0 unspecified atom stereocenters. The van der Waals surface area contributed by atoms with E-state index in [2.05, 4.69) is 34.5 Å². The molecule has 0 aromatic heterocycles. The first kappa shape index (κ1) is 16.4. The Kier molecular flexibility index (Phi) is 5.97. The summed E-state index contributed by atoms with van der Waals surface area (Å²) in [7, 11) is -3.22. The highest BCUT2D eigenvalue weighted by atomic mass is 79.9. The van der Waals surface area contributed by atoms with E-state index in [1.165, 1.54) is 0 Å². The van der Waals surface area contributed by atoms with Gasteiger partial charge in [-0.15, -0.1) is 0 Å². The van der Waals surface area contributed by atoms with E-state index in [0.717, 1.165) is 18.2 Å². The molecule has 0 aromatic rings. The first-order chi connectivity index (χ1) is 7.02. The minimum atomic E-state index is -3.22. The van der Waals surface area contributed by atoms with Crippen molar-refractivity contribution < 1.29 is 8.42 Å².